The summed E-state index contributed by atoms with van der Waals surface area (Å²) in [7, 11) is 0. The number of benzene rings is 7. The SMILES string of the molecule is CC1(C)c2ccccc2-c2cc3c4ccccc4n(-c4ccc5c(c4)oc4cccc(C6=CC=C(c7nc8ccccc8n7-c7ccccc7)CC6)c45)c3cc21. The lowest BCUT2D eigenvalue weighted by Gasteiger charge is -2.21. The van der Waals surface area contributed by atoms with E-state index in [1.807, 2.05) is 0 Å². The molecular weight excluding hydrogens is 683 g/mol. The highest BCUT2D eigenvalue weighted by Gasteiger charge is 2.36. The fourth-order valence-corrected chi connectivity index (χ4v) is 9.79. The van der Waals surface area contributed by atoms with E-state index in [4.69, 9.17) is 9.40 Å². The molecule has 3 aromatic heterocycles. The van der Waals surface area contributed by atoms with Crippen molar-refractivity contribution in [3.05, 3.63) is 186 Å². The molecule has 0 atom stereocenters. The predicted molar refractivity (Wildman–Crippen MR) is 232 cm³/mol. The summed E-state index contributed by atoms with van der Waals surface area (Å²) < 4.78 is 11.4. The van der Waals surface area contributed by atoms with Crippen molar-refractivity contribution in [3.63, 3.8) is 0 Å². The van der Waals surface area contributed by atoms with Crippen molar-refractivity contribution in [2.75, 3.05) is 0 Å². The number of fused-ring (bicyclic) bond motifs is 10. The number of imidazole rings is 1. The summed E-state index contributed by atoms with van der Waals surface area (Å²) in [6, 6.07) is 54.8. The minimum Gasteiger partial charge on any atom is -0.456 e. The number of furan rings is 1. The number of aromatic nitrogens is 3. The van der Waals surface area contributed by atoms with Crippen LogP contribution in [0.15, 0.2) is 168 Å². The zero-order chi connectivity index (χ0) is 37.1. The second-order valence-electron chi connectivity index (χ2n) is 15.9. The molecule has 3 heterocycles. The third-order valence-electron chi connectivity index (χ3n) is 12.5. The van der Waals surface area contributed by atoms with E-state index < -0.39 is 0 Å². The molecule has 2 aliphatic rings. The van der Waals surface area contributed by atoms with Gasteiger partial charge in [-0.3, -0.25) is 4.57 Å². The van der Waals surface area contributed by atoms with Crippen LogP contribution in [0.4, 0.5) is 0 Å². The van der Waals surface area contributed by atoms with Gasteiger partial charge in [0.05, 0.1) is 22.1 Å². The number of rotatable bonds is 4. The van der Waals surface area contributed by atoms with E-state index in [2.05, 4.69) is 187 Å². The molecule has 0 bridgehead atoms. The van der Waals surface area contributed by atoms with E-state index in [0.29, 0.717) is 0 Å². The standard InChI is InChI=1S/C52H37N3O/c1-52(2)42-18-8-6-15-37(42)40-30-41-38-16-7-10-20-45(38)54(47(41)31-43(40)52)35-27-28-39-49(29-35)56-48-22-12-17-36(50(39)48)32-23-25-33(26-24-32)51-53-44-19-9-11-21-46(44)55(51)34-13-4-3-5-14-34/h3-23,25,27-31H,24,26H2,1-2H3. The van der Waals surface area contributed by atoms with Gasteiger partial charge in [-0.15, -0.1) is 0 Å². The molecule has 7 aromatic carbocycles. The smallest absolute Gasteiger partial charge is 0.141 e. The van der Waals surface area contributed by atoms with Crippen molar-refractivity contribution in [1.29, 1.82) is 0 Å². The molecule has 0 amide bonds. The van der Waals surface area contributed by atoms with Crippen molar-refractivity contribution in [3.8, 4) is 22.5 Å². The Labute approximate surface area is 324 Å². The van der Waals surface area contributed by atoms with E-state index in [0.717, 1.165) is 57.6 Å². The van der Waals surface area contributed by atoms with Gasteiger partial charge in [-0.2, -0.15) is 0 Å². The highest BCUT2D eigenvalue weighted by molar-refractivity contribution is 6.13. The second kappa shape index (κ2) is 11.5. The monoisotopic (exact) mass is 719 g/mol. The average molecular weight is 720 g/mol. The van der Waals surface area contributed by atoms with Crippen molar-refractivity contribution < 1.29 is 4.42 Å². The highest BCUT2D eigenvalue weighted by atomic mass is 16.3. The van der Waals surface area contributed by atoms with E-state index in [1.54, 1.807) is 0 Å². The Hall–Kier alpha value is -6.91. The van der Waals surface area contributed by atoms with E-state index in [-0.39, 0.29) is 5.41 Å². The maximum Gasteiger partial charge on any atom is 0.141 e. The Kier molecular flexibility index (Phi) is 6.48. The van der Waals surface area contributed by atoms with Crippen LogP contribution >= 0.6 is 0 Å². The van der Waals surface area contributed by atoms with Crippen molar-refractivity contribution in [1.82, 2.24) is 14.1 Å². The van der Waals surface area contributed by atoms with Crippen LogP contribution in [0.25, 0.3) is 88.4 Å². The summed E-state index contributed by atoms with van der Waals surface area (Å²) in [6.45, 7) is 4.71. The first-order chi connectivity index (χ1) is 27.5. The summed E-state index contributed by atoms with van der Waals surface area (Å²) in [5.74, 6) is 1.01. The first-order valence-corrected chi connectivity index (χ1v) is 19.6. The molecule has 10 aromatic rings. The van der Waals surface area contributed by atoms with Gasteiger partial charge in [-0.1, -0.05) is 111 Å². The molecule has 0 saturated heterocycles. The van der Waals surface area contributed by atoms with Crippen molar-refractivity contribution in [2.24, 2.45) is 0 Å². The lowest BCUT2D eigenvalue weighted by atomic mass is 9.82. The summed E-state index contributed by atoms with van der Waals surface area (Å²) >= 11 is 0. The van der Waals surface area contributed by atoms with Crippen LogP contribution in [-0.4, -0.2) is 14.1 Å². The van der Waals surface area contributed by atoms with Gasteiger partial charge in [0.15, 0.2) is 0 Å². The minimum atomic E-state index is -0.0823. The van der Waals surface area contributed by atoms with Crippen LogP contribution in [0, 0.1) is 0 Å². The third kappa shape index (κ3) is 4.38. The second-order valence-corrected chi connectivity index (χ2v) is 15.9. The van der Waals surface area contributed by atoms with Crippen LogP contribution in [0.5, 0.6) is 0 Å². The molecule has 0 radical (unpaired) electrons. The largest absolute Gasteiger partial charge is 0.456 e. The molecule has 0 spiro atoms. The first kappa shape index (κ1) is 31.4. The fraction of sp³-hybridized carbons (Fsp3) is 0.0962. The topological polar surface area (TPSA) is 35.9 Å². The fourth-order valence-electron chi connectivity index (χ4n) is 9.79. The number of hydrogen-bond acceptors (Lipinski definition) is 2. The summed E-state index contributed by atoms with van der Waals surface area (Å²) in [5, 5.41) is 4.85. The highest BCUT2D eigenvalue weighted by Crippen LogP contribution is 2.51. The Bertz CT molecular complexity index is 3330. The van der Waals surface area contributed by atoms with Crippen LogP contribution in [0.2, 0.25) is 0 Å². The first-order valence-electron chi connectivity index (χ1n) is 19.6. The zero-order valence-corrected chi connectivity index (χ0v) is 31.3. The molecule has 56 heavy (non-hydrogen) atoms. The Balaban J connectivity index is 0.982. The van der Waals surface area contributed by atoms with Crippen LogP contribution < -0.4 is 0 Å². The molecule has 4 heteroatoms. The van der Waals surface area contributed by atoms with Gasteiger partial charge in [-0.05, 0) is 112 Å². The third-order valence-corrected chi connectivity index (χ3v) is 12.5. The van der Waals surface area contributed by atoms with Gasteiger partial charge in [0.2, 0.25) is 0 Å². The van der Waals surface area contributed by atoms with Gasteiger partial charge >= 0.3 is 0 Å². The minimum absolute atomic E-state index is 0.0823. The predicted octanol–water partition coefficient (Wildman–Crippen LogP) is 13.6. The molecule has 4 nitrogen and oxygen atoms in total. The molecule has 0 unspecified atom stereocenters. The van der Waals surface area contributed by atoms with Gasteiger partial charge in [0.25, 0.3) is 0 Å². The molecular formula is C52H37N3O. The Morgan fingerprint density at radius 2 is 1.25 bits per heavy atom. The number of para-hydroxylation sites is 4. The van der Waals surface area contributed by atoms with Crippen LogP contribution in [0.3, 0.4) is 0 Å². The van der Waals surface area contributed by atoms with E-state index >= 15 is 0 Å². The molecule has 266 valence electrons. The molecule has 2 aliphatic carbocycles. The molecule has 0 saturated carbocycles. The maximum absolute atomic E-state index is 6.72. The average Bonchev–Trinajstić information content (AvgIpc) is 3.97. The summed E-state index contributed by atoms with van der Waals surface area (Å²) in [5.41, 5.74) is 17.7. The Morgan fingerprint density at radius 3 is 2.12 bits per heavy atom. The van der Waals surface area contributed by atoms with Crippen LogP contribution in [-0.2, 0) is 5.41 Å². The molecule has 0 N–H and O–H groups in total. The zero-order valence-electron chi connectivity index (χ0n) is 31.3. The summed E-state index contributed by atoms with van der Waals surface area (Å²) in [6.07, 6.45) is 6.39. The van der Waals surface area contributed by atoms with Gasteiger partial charge in [0, 0.05) is 44.4 Å². The van der Waals surface area contributed by atoms with Crippen molar-refractivity contribution >= 4 is 65.9 Å². The normalized spacial score (nSPS) is 14.8. The lowest BCUT2D eigenvalue weighted by molar-refractivity contribution is 0.661. The number of nitrogens with zero attached hydrogens (tertiary/aromatic N) is 3. The molecule has 0 aliphatic heterocycles. The maximum atomic E-state index is 6.72. The quantitative estimate of drug-likeness (QED) is 0.182. The summed E-state index contributed by atoms with van der Waals surface area (Å²) in [4.78, 5) is 5.14. The van der Waals surface area contributed by atoms with Crippen molar-refractivity contribution in [2.45, 2.75) is 32.1 Å². The molecule has 12 rings (SSSR count). The van der Waals surface area contributed by atoms with Crippen LogP contribution in [0.1, 0.15) is 49.2 Å². The van der Waals surface area contributed by atoms with Gasteiger partial charge in [0.1, 0.15) is 17.0 Å². The number of hydrogen-bond donors (Lipinski definition) is 0. The van der Waals surface area contributed by atoms with E-state index in [9.17, 15) is 0 Å². The molecule has 0 fully saturated rings. The van der Waals surface area contributed by atoms with E-state index in [1.165, 1.54) is 66.2 Å². The van der Waals surface area contributed by atoms with Gasteiger partial charge in [-0.25, -0.2) is 4.98 Å². The Morgan fingerprint density at radius 1 is 0.500 bits per heavy atom. The number of allylic oxidation sites excluding steroid dienone is 4. The lowest BCUT2D eigenvalue weighted by Crippen LogP contribution is -2.14. The van der Waals surface area contributed by atoms with Gasteiger partial charge < -0.3 is 8.98 Å².